The van der Waals surface area contributed by atoms with Crippen molar-refractivity contribution >= 4 is 33.1 Å². The molecule has 4 rings (SSSR count). The third kappa shape index (κ3) is 2.66. The number of phenolic OH excluding ortho intramolecular Hbond substituents is 1. The fraction of sp³-hybridized carbons (Fsp3) is 0. The minimum atomic E-state index is -0.575. The number of nitrogen functional groups attached to an aromatic ring is 1. The molecule has 4 aromatic rings. The number of benzene rings is 2. The number of carbonyl (C=O) groups is 1. The van der Waals surface area contributed by atoms with E-state index in [4.69, 9.17) is 11.5 Å². The van der Waals surface area contributed by atoms with Crippen LogP contribution in [0.3, 0.4) is 0 Å². The second kappa shape index (κ2) is 6.16. The maximum absolute atomic E-state index is 11.7. The van der Waals surface area contributed by atoms with E-state index in [9.17, 15) is 9.90 Å². The molecule has 0 spiro atoms. The molecule has 2 heterocycles. The Morgan fingerprint density at radius 3 is 2.42 bits per heavy atom. The lowest BCUT2D eigenvalue weighted by atomic mass is 9.99. The van der Waals surface area contributed by atoms with Crippen molar-refractivity contribution in [1.29, 1.82) is 0 Å². The molecule has 0 fully saturated rings. The Kier molecular flexibility index (Phi) is 3.82. The van der Waals surface area contributed by atoms with E-state index in [1.165, 1.54) is 11.3 Å². The molecule has 0 unspecified atom stereocenters. The fourth-order valence-electron chi connectivity index (χ4n) is 2.96. The summed E-state index contributed by atoms with van der Waals surface area (Å²) in [7, 11) is 0. The summed E-state index contributed by atoms with van der Waals surface area (Å²) in [6.07, 6.45) is 0. The van der Waals surface area contributed by atoms with Crippen LogP contribution < -0.4 is 11.5 Å². The van der Waals surface area contributed by atoms with Crippen molar-refractivity contribution in [2.75, 3.05) is 5.73 Å². The van der Waals surface area contributed by atoms with Gasteiger partial charge in [-0.25, -0.2) is 4.98 Å². The lowest BCUT2D eigenvalue weighted by Crippen LogP contribution is -2.10. The van der Waals surface area contributed by atoms with Crippen LogP contribution in [-0.2, 0) is 0 Å². The van der Waals surface area contributed by atoms with Gasteiger partial charge in [0.1, 0.15) is 15.5 Å². The van der Waals surface area contributed by atoms with Crippen LogP contribution in [0, 0.1) is 0 Å². The first-order valence-electron chi connectivity index (χ1n) is 7.92. The number of anilines is 1. The van der Waals surface area contributed by atoms with E-state index in [1.54, 1.807) is 18.2 Å². The molecule has 0 atom stereocenters. The Bertz CT molecular complexity index is 1140. The monoisotopic (exact) mass is 361 g/mol. The molecule has 0 saturated heterocycles. The summed E-state index contributed by atoms with van der Waals surface area (Å²) in [5.74, 6) is -0.425. The number of thiophene rings is 1. The van der Waals surface area contributed by atoms with Crippen LogP contribution in [0.1, 0.15) is 9.67 Å². The van der Waals surface area contributed by atoms with Crippen LogP contribution in [0.25, 0.3) is 32.6 Å². The average Bonchev–Trinajstić information content (AvgIpc) is 2.99. The standard InChI is InChI=1S/C20H15N3O2S/c21-17-16-14(12-7-4-8-13(24)9-12)10-15(11-5-2-1-3-6-11)23-20(16)26-18(17)19(22)25/h1-10,24H,21H2,(H2,22,25). The Labute approximate surface area is 153 Å². The molecular formula is C20H15N3O2S. The summed E-state index contributed by atoms with van der Waals surface area (Å²) in [5.41, 5.74) is 15.3. The Balaban J connectivity index is 2.08. The first kappa shape index (κ1) is 16.1. The van der Waals surface area contributed by atoms with Gasteiger partial charge in [-0.1, -0.05) is 42.5 Å². The van der Waals surface area contributed by atoms with Gasteiger partial charge in [0.25, 0.3) is 5.91 Å². The molecule has 6 heteroatoms. The van der Waals surface area contributed by atoms with E-state index < -0.39 is 5.91 Å². The van der Waals surface area contributed by atoms with E-state index in [0.29, 0.717) is 20.8 Å². The van der Waals surface area contributed by atoms with E-state index >= 15 is 0 Å². The highest BCUT2D eigenvalue weighted by Crippen LogP contribution is 2.41. The lowest BCUT2D eigenvalue weighted by Gasteiger charge is -2.09. The molecule has 0 aliphatic heterocycles. The largest absolute Gasteiger partial charge is 0.508 e. The second-order valence-electron chi connectivity index (χ2n) is 5.86. The number of nitrogens with two attached hydrogens (primary N) is 2. The van der Waals surface area contributed by atoms with Crippen LogP contribution in [0.5, 0.6) is 5.75 Å². The van der Waals surface area contributed by atoms with Gasteiger partial charge in [-0.05, 0) is 29.3 Å². The maximum atomic E-state index is 11.7. The summed E-state index contributed by atoms with van der Waals surface area (Å²) in [5, 5.41) is 10.6. The zero-order valence-electron chi connectivity index (χ0n) is 13.6. The number of phenols is 1. The van der Waals surface area contributed by atoms with Crippen molar-refractivity contribution < 1.29 is 9.90 Å². The van der Waals surface area contributed by atoms with Gasteiger partial charge in [0.15, 0.2) is 0 Å². The molecule has 0 aliphatic rings. The number of pyridine rings is 1. The number of hydrogen-bond donors (Lipinski definition) is 3. The first-order valence-corrected chi connectivity index (χ1v) is 8.74. The number of aromatic nitrogens is 1. The third-order valence-corrected chi connectivity index (χ3v) is 5.26. The number of hydrogen-bond acceptors (Lipinski definition) is 5. The molecule has 0 radical (unpaired) electrons. The average molecular weight is 361 g/mol. The predicted molar refractivity (Wildman–Crippen MR) is 105 cm³/mol. The van der Waals surface area contributed by atoms with Gasteiger partial charge in [0.05, 0.1) is 11.4 Å². The maximum Gasteiger partial charge on any atom is 0.260 e. The number of fused-ring (bicyclic) bond motifs is 1. The summed E-state index contributed by atoms with van der Waals surface area (Å²) in [4.78, 5) is 17.3. The van der Waals surface area contributed by atoms with Crippen molar-refractivity contribution in [3.63, 3.8) is 0 Å². The molecule has 5 nitrogen and oxygen atoms in total. The highest BCUT2D eigenvalue weighted by Gasteiger charge is 2.20. The Hall–Kier alpha value is -3.38. The van der Waals surface area contributed by atoms with Crippen LogP contribution in [0.15, 0.2) is 60.7 Å². The summed E-state index contributed by atoms with van der Waals surface area (Å²) in [6, 6.07) is 18.6. The molecule has 0 saturated carbocycles. The molecular weight excluding hydrogens is 346 g/mol. The molecule has 26 heavy (non-hydrogen) atoms. The van der Waals surface area contributed by atoms with Crippen LogP contribution in [0.2, 0.25) is 0 Å². The minimum absolute atomic E-state index is 0.151. The van der Waals surface area contributed by atoms with Crippen LogP contribution >= 0.6 is 11.3 Å². The highest BCUT2D eigenvalue weighted by molar-refractivity contribution is 7.21. The fourth-order valence-corrected chi connectivity index (χ4v) is 3.93. The van der Waals surface area contributed by atoms with Crippen molar-refractivity contribution in [3.8, 4) is 28.1 Å². The quantitative estimate of drug-likeness (QED) is 0.513. The molecule has 5 N–H and O–H groups in total. The van der Waals surface area contributed by atoms with E-state index in [-0.39, 0.29) is 5.75 Å². The van der Waals surface area contributed by atoms with Gasteiger partial charge in [-0.15, -0.1) is 11.3 Å². The summed E-state index contributed by atoms with van der Waals surface area (Å²) >= 11 is 1.18. The molecule has 1 amide bonds. The number of aromatic hydroxyl groups is 1. The first-order chi connectivity index (χ1) is 12.5. The van der Waals surface area contributed by atoms with Gasteiger partial charge in [0.2, 0.25) is 0 Å². The van der Waals surface area contributed by atoms with Gasteiger partial charge >= 0.3 is 0 Å². The topological polar surface area (TPSA) is 102 Å². The lowest BCUT2D eigenvalue weighted by molar-refractivity contribution is 0.100. The smallest absolute Gasteiger partial charge is 0.260 e. The number of primary amides is 1. The Morgan fingerprint density at radius 1 is 1.00 bits per heavy atom. The van der Waals surface area contributed by atoms with Gasteiger partial charge < -0.3 is 16.6 Å². The number of carbonyl (C=O) groups excluding carboxylic acids is 1. The molecule has 128 valence electrons. The van der Waals surface area contributed by atoms with Gasteiger partial charge in [-0.3, -0.25) is 4.79 Å². The Morgan fingerprint density at radius 2 is 1.73 bits per heavy atom. The summed E-state index contributed by atoms with van der Waals surface area (Å²) in [6.45, 7) is 0. The molecule has 0 bridgehead atoms. The van der Waals surface area contributed by atoms with Crippen molar-refractivity contribution in [2.24, 2.45) is 5.73 Å². The molecule has 2 aromatic carbocycles. The van der Waals surface area contributed by atoms with E-state index in [0.717, 1.165) is 22.4 Å². The van der Waals surface area contributed by atoms with Crippen molar-refractivity contribution in [3.05, 3.63) is 65.5 Å². The number of rotatable bonds is 3. The molecule has 2 aromatic heterocycles. The second-order valence-corrected chi connectivity index (χ2v) is 6.86. The third-order valence-electron chi connectivity index (χ3n) is 4.15. The van der Waals surface area contributed by atoms with Crippen LogP contribution in [0.4, 0.5) is 5.69 Å². The highest BCUT2D eigenvalue weighted by atomic mass is 32.1. The predicted octanol–water partition coefficient (Wildman–Crippen LogP) is 4.02. The number of nitrogens with zero attached hydrogens (tertiary/aromatic N) is 1. The number of amides is 1. The van der Waals surface area contributed by atoms with Gasteiger partial charge in [0, 0.05) is 10.9 Å². The van der Waals surface area contributed by atoms with E-state index in [1.807, 2.05) is 42.5 Å². The van der Waals surface area contributed by atoms with Crippen LogP contribution in [-0.4, -0.2) is 16.0 Å². The summed E-state index contributed by atoms with van der Waals surface area (Å²) < 4.78 is 0. The van der Waals surface area contributed by atoms with Gasteiger partial charge in [-0.2, -0.15) is 0 Å². The zero-order chi connectivity index (χ0) is 18.3. The zero-order valence-corrected chi connectivity index (χ0v) is 14.5. The normalized spacial score (nSPS) is 10.9. The molecule has 0 aliphatic carbocycles. The van der Waals surface area contributed by atoms with Crippen molar-refractivity contribution in [1.82, 2.24) is 4.98 Å². The van der Waals surface area contributed by atoms with E-state index in [2.05, 4.69) is 4.98 Å². The SMILES string of the molecule is NC(=O)c1sc2nc(-c3ccccc3)cc(-c3cccc(O)c3)c2c1N. The van der Waals surface area contributed by atoms with Crippen molar-refractivity contribution in [2.45, 2.75) is 0 Å². The minimum Gasteiger partial charge on any atom is -0.508 e.